The number of fused-ring (bicyclic) bond motifs is 4. The number of benzene rings is 3. The van der Waals surface area contributed by atoms with Gasteiger partial charge >= 0.3 is 0 Å². The van der Waals surface area contributed by atoms with Crippen LogP contribution in [0.1, 0.15) is 16.7 Å². The van der Waals surface area contributed by atoms with Crippen molar-refractivity contribution in [3.63, 3.8) is 0 Å². The van der Waals surface area contributed by atoms with Crippen LogP contribution in [0.5, 0.6) is 0 Å². The molecule has 33 heavy (non-hydrogen) atoms. The molecule has 4 aromatic rings. The number of nitrogens with zero attached hydrogens (tertiary/aromatic N) is 3. The number of hydrogen-bond acceptors (Lipinski definition) is 4. The van der Waals surface area contributed by atoms with Crippen LogP contribution in [0.3, 0.4) is 0 Å². The first-order valence-corrected chi connectivity index (χ1v) is 11.7. The van der Waals surface area contributed by atoms with Crippen molar-refractivity contribution >= 4 is 45.3 Å². The molecule has 0 aliphatic carbocycles. The summed E-state index contributed by atoms with van der Waals surface area (Å²) in [7, 11) is 0. The number of aromatic amines is 1. The van der Waals surface area contributed by atoms with Crippen LogP contribution in [0.15, 0.2) is 89.0 Å². The van der Waals surface area contributed by atoms with E-state index in [2.05, 4.69) is 11.1 Å². The minimum Gasteiger partial charge on any atom is -0.361 e. The first kappa shape index (κ1) is 19.9. The van der Waals surface area contributed by atoms with Crippen molar-refractivity contribution in [2.45, 2.75) is 18.2 Å². The third kappa shape index (κ3) is 3.54. The van der Waals surface area contributed by atoms with Crippen LogP contribution in [0, 0.1) is 5.82 Å². The number of aliphatic imine (C=N–C) groups is 2. The first-order chi connectivity index (χ1) is 16.2. The molecule has 7 heteroatoms. The van der Waals surface area contributed by atoms with Gasteiger partial charge < -0.3 is 4.98 Å². The van der Waals surface area contributed by atoms with E-state index in [1.807, 2.05) is 54.7 Å². The monoisotopic (exact) mass is 454 g/mol. The zero-order valence-corrected chi connectivity index (χ0v) is 18.3. The first-order valence-electron chi connectivity index (χ1n) is 10.7. The van der Waals surface area contributed by atoms with Crippen LogP contribution in [0.25, 0.3) is 10.9 Å². The minimum absolute atomic E-state index is 0.0877. The Hall–Kier alpha value is -3.71. The molecule has 5 nitrogen and oxygen atoms in total. The highest BCUT2D eigenvalue weighted by Gasteiger charge is 2.41. The number of hydrogen-bond donors (Lipinski definition) is 1. The molecule has 1 amide bonds. The van der Waals surface area contributed by atoms with Gasteiger partial charge in [0.2, 0.25) is 0 Å². The van der Waals surface area contributed by atoms with Crippen LogP contribution >= 0.6 is 11.8 Å². The van der Waals surface area contributed by atoms with Crippen LogP contribution in [-0.2, 0) is 17.0 Å². The van der Waals surface area contributed by atoms with E-state index in [4.69, 9.17) is 9.98 Å². The molecule has 2 aliphatic heterocycles. The molecule has 0 saturated carbocycles. The quantitative estimate of drug-likeness (QED) is 0.446. The summed E-state index contributed by atoms with van der Waals surface area (Å²) in [5.74, 6) is 0.776. The second-order valence-electron chi connectivity index (χ2n) is 8.04. The van der Waals surface area contributed by atoms with E-state index in [0.717, 1.165) is 33.3 Å². The molecule has 2 aliphatic rings. The normalized spacial score (nSPS) is 17.1. The fourth-order valence-corrected chi connectivity index (χ4v) is 5.26. The van der Waals surface area contributed by atoms with Gasteiger partial charge in [0.25, 0.3) is 5.91 Å². The average molecular weight is 455 g/mol. The third-order valence-corrected chi connectivity index (χ3v) is 6.90. The van der Waals surface area contributed by atoms with Gasteiger partial charge in [-0.1, -0.05) is 54.2 Å². The lowest BCUT2D eigenvalue weighted by Crippen LogP contribution is -2.41. The number of amides is 1. The lowest BCUT2D eigenvalue weighted by Gasteiger charge is -2.25. The number of H-pyrrole nitrogens is 1. The van der Waals surface area contributed by atoms with Gasteiger partial charge in [0.05, 0.1) is 5.69 Å². The molecular weight excluding hydrogens is 435 g/mol. The Labute approximate surface area is 194 Å². The molecule has 162 valence electrons. The fourth-order valence-electron chi connectivity index (χ4n) is 4.32. The number of para-hydroxylation sites is 2. The Bertz CT molecular complexity index is 1460. The number of amidine groups is 2. The topological polar surface area (TPSA) is 60.8 Å². The number of thioether (sulfide) groups is 1. The van der Waals surface area contributed by atoms with E-state index in [9.17, 15) is 9.18 Å². The van der Waals surface area contributed by atoms with Gasteiger partial charge in [-0.3, -0.25) is 9.79 Å². The summed E-state index contributed by atoms with van der Waals surface area (Å²) >= 11 is 1.42. The molecule has 3 aromatic carbocycles. The predicted molar refractivity (Wildman–Crippen MR) is 130 cm³/mol. The highest BCUT2D eigenvalue weighted by atomic mass is 32.2. The van der Waals surface area contributed by atoms with Gasteiger partial charge in [0, 0.05) is 34.8 Å². The second-order valence-corrected chi connectivity index (χ2v) is 8.98. The van der Waals surface area contributed by atoms with E-state index in [1.165, 1.54) is 23.9 Å². The largest absolute Gasteiger partial charge is 0.361 e. The Kier molecular flexibility index (Phi) is 4.84. The Balaban J connectivity index is 1.33. The van der Waals surface area contributed by atoms with Crippen molar-refractivity contribution in [2.24, 2.45) is 9.98 Å². The summed E-state index contributed by atoms with van der Waals surface area (Å²) in [6.07, 6.45) is 2.46. The van der Waals surface area contributed by atoms with E-state index in [-0.39, 0.29) is 11.7 Å². The average Bonchev–Trinajstić information content (AvgIpc) is 3.39. The second kappa shape index (κ2) is 8.01. The van der Waals surface area contributed by atoms with Gasteiger partial charge in [-0.25, -0.2) is 14.3 Å². The van der Waals surface area contributed by atoms with Gasteiger partial charge in [-0.2, -0.15) is 0 Å². The molecule has 6 rings (SSSR count). The summed E-state index contributed by atoms with van der Waals surface area (Å²) < 4.78 is 13.6. The molecule has 0 radical (unpaired) electrons. The van der Waals surface area contributed by atoms with Gasteiger partial charge in [0.1, 0.15) is 17.7 Å². The molecule has 0 fully saturated rings. The SMILES string of the molecule is O=C1[C@@H](Cc2c[nH]c3ccccc23)N=C2c3ccccc3N=C(SCc3cccc(F)c3)N12. The molecule has 0 spiro atoms. The van der Waals surface area contributed by atoms with Crippen LogP contribution < -0.4 is 0 Å². The predicted octanol–water partition coefficient (Wildman–Crippen LogP) is 5.44. The molecule has 3 heterocycles. The molecule has 0 unspecified atom stereocenters. The summed E-state index contributed by atoms with van der Waals surface area (Å²) in [6, 6.07) is 21.7. The van der Waals surface area contributed by atoms with Gasteiger partial charge in [0.15, 0.2) is 5.17 Å². The standard InChI is InChI=1S/C26H19FN4OS/c27-18-7-5-6-16(12-18)15-33-26-30-22-11-4-2-9-20(22)24-29-23(25(32)31(24)26)13-17-14-28-21-10-3-1-8-19(17)21/h1-12,14,23,28H,13,15H2/t23-/m1/s1. The number of carbonyl (C=O) groups excluding carboxylic acids is 1. The summed E-state index contributed by atoms with van der Waals surface area (Å²) in [5.41, 5.74) is 4.58. The lowest BCUT2D eigenvalue weighted by atomic mass is 10.1. The third-order valence-electron chi connectivity index (χ3n) is 5.89. The van der Waals surface area contributed by atoms with Crippen LogP contribution in [0.4, 0.5) is 10.1 Å². The lowest BCUT2D eigenvalue weighted by molar-refractivity contribution is -0.124. The van der Waals surface area contributed by atoms with Crippen molar-refractivity contribution in [2.75, 3.05) is 0 Å². The Morgan fingerprint density at radius 2 is 1.88 bits per heavy atom. The van der Waals surface area contributed by atoms with Crippen molar-refractivity contribution in [1.29, 1.82) is 0 Å². The maximum absolute atomic E-state index is 13.6. The van der Waals surface area contributed by atoms with Crippen LogP contribution in [0.2, 0.25) is 0 Å². The van der Waals surface area contributed by atoms with E-state index in [0.29, 0.717) is 23.2 Å². The Morgan fingerprint density at radius 3 is 2.79 bits per heavy atom. The van der Waals surface area contributed by atoms with Crippen molar-refractivity contribution in [3.05, 3.63) is 102 Å². The van der Waals surface area contributed by atoms with Gasteiger partial charge in [-0.15, -0.1) is 0 Å². The minimum atomic E-state index is -0.523. The molecule has 0 bridgehead atoms. The van der Waals surface area contributed by atoms with E-state index < -0.39 is 6.04 Å². The summed E-state index contributed by atoms with van der Waals surface area (Å²) in [4.78, 5) is 28.1. The molecule has 0 saturated heterocycles. The van der Waals surface area contributed by atoms with E-state index in [1.54, 1.807) is 11.0 Å². The molecule has 1 N–H and O–H groups in total. The Morgan fingerprint density at radius 1 is 1.03 bits per heavy atom. The zero-order valence-electron chi connectivity index (χ0n) is 17.5. The maximum Gasteiger partial charge on any atom is 0.259 e. The number of aromatic nitrogens is 1. The molecule has 1 atom stereocenters. The van der Waals surface area contributed by atoms with Crippen molar-refractivity contribution in [3.8, 4) is 0 Å². The smallest absolute Gasteiger partial charge is 0.259 e. The molecule has 1 aromatic heterocycles. The van der Waals surface area contributed by atoms with Crippen molar-refractivity contribution in [1.82, 2.24) is 9.88 Å². The summed E-state index contributed by atoms with van der Waals surface area (Å²) in [6.45, 7) is 0. The maximum atomic E-state index is 13.6. The fraction of sp³-hybridized carbons (Fsp3) is 0.115. The van der Waals surface area contributed by atoms with E-state index >= 15 is 0 Å². The number of halogens is 1. The molecular formula is C26H19FN4OS. The van der Waals surface area contributed by atoms with Crippen LogP contribution in [-0.4, -0.2) is 32.8 Å². The highest BCUT2D eigenvalue weighted by molar-refractivity contribution is 8.13. The number of rotatable bonds is 4. The highest BCUT2D eigenvalue weighted by Crippen LogP contribution is 2.35. The van der Waals surface area contributed by atoms with Gasteiger partial charge in [-0.05, 0) is 41.5 Å². The summed E-state index contributed by atoms with van der Waals surface area (Å²) in [5, 5.41) is 1.67. The number of carbonyl (C=O) groups is 1. The zero-order chi connectivity index (χ0) is 22.4. The van der Waals surface area contributed by atoms with Crippen molar-refractivity contribution < 1.29 is 9.18 Å². The number of nitrogens with one attached hydrogen (secondary N) is 1.